The van der Waals surface area contributed by atoms with Crippen LogP contribution in [0.3, 0.4) is 0 Å². The predicted molar refractivity (Wildman–Crippen MR) is 84.4 cm³/mol. The number of carbonyl (C=O) groups excluding carboxylic acids is 1. The van der Waals surface area contributed by atoms with Crippen molar-refractivity contribution in [2.75, 3.05) is 7.11 Å². The van der Waals surface area contributed by atoms with Crippen molar-refractivity contribution >= 4 is 5.91 Å². The Hall–Kier alpha value is -2.29. The van der Waals surface area contributed by atoms with Crippen molar-refractivity contribution in [1.82, 2.24) is 5.32 Å². The minimum Gasteiger partial charge on any atom is -0.497 e. The summed E-state index contributed by atoms with van der Waals surface area (Å²) in [5, 5.41) is 3.05. The fourth-order valence-electron chi connectivity index (χ4n) is 2.21. The van der Waals surface area contributed by atoms with Crippen molar-refractivity contribution in [2.45, 2.75) is 25.8 Å². The van der Waals surface area contributed by atoms with Crippen LogP contribution in [0.25, 0.3) is 0 Å². The molecule has 0 spiro atoms. The van der Waals surface area contributed by atoms with E-state index in [0.717, 1.165) is 16.9 Å². The molecule has 0 aliphatic rings. The van der Waals surface area contributed by atoms with E-state index in [-0.39, 0.29) is 17.9 Å². The molecule has 3 heteroatoms. The number of ether oxygens (including phenoxy) is 1. The molecule has 3 nitrogen and oxygen atoms in total. The molecular formula is C18H21NO2. The number of hydrogen-bond donors (Lipinski definition) is 1. The van der Waals surface area contributed by atoms with Crippen LogP contribution in [0.5, 0.6) is 5.75 Å². The molecule has 21 heavy (non-hydrogen) atoms. The standard InChI is InChI=1S/C18H21NO2/c1-13(15-7-5-4-6-8-15)18(20)19-14(2)16-9-11-17(21-3)12-10-16/h4-14H,1-3H3,(H,19,20)/t13-,14-/m0/s1. The Bertz CT molecular complexity index is 578. The summed E-state index contributed by atoms with van der Waals surface area (Å²) in [7, 11) is 1.64. The lowest BCUT2D eigenvalue weighted by atomic mass is 9.99. The van der Waals surface area contributed by atoms with Gasteiger partial charge in [0.2, 0.25) is 5.91 Å². The van der Waals surface area contributed by atoms with Gasteiger partial charge in [0.05, 0.1) is 19.1 Å². The third-order valence-corrected chi connectivity index (χ3v) is 3.67. The van der Waals surface area contributed by atoms with Gasteiger partial charge in [-0.1, -0.05) is 42.5 Å². The maximum Gasteiger partial charge on any atom is 0.227 e. The third-order valence-electron chi connectivity index (χ3n) is 3.67. The van der Waals surface area contributed by atoms with Crippen LogP contribution < -0.4 is 10.1 Å². The lowest BCUT2D eigenvalue weighted by Crippen LogP contribution is -2.30. The first-order valence-electron chi connectivity index (χ1n) is 7.11. The van der Waals surface area contributed by atoms with Gasteiger partial charge in [-0.2, -0.15) is 0 Å². The first kappa shape index (κ1) is 15.1. The number of amides is 1. The van der Waals surface area contributed by atoms with E-state index >= 15 is 0 Å². The molecular weight excluding hydrogens is 262 g/mol. The molecule has 2 rings (SSSR count). The Morgan fingerprint density at radius 1 is 0.952 bits per heavy atom. The number of methoxy groups -OCH3 is 1. The molecule has 1 N–H and O–H groups in total. The van der Waals surface area contributed by atoms with E-state index in [0.29, 0.717) is 0 Å². The van der Waals surface area contributed by atoms with Crippen LogP contribution in [-0.2, 0) is 4.79 Å². The van der Waals surface area contributed by atoms with E-state index < -0.39 is 0 Å². The Balaban J connectivity index is 2.01. The molecule has 1 amide bonds. The SMILES string of the molecule is COc1ccc([C@H](C)NC(=O)[C@@H](C)c2ccccc2)cc1. The van der Waals surface area contributed by atoms with E-state index in [1.54, 1.807) is 7.11 Å². The number of nitrogens with one attached hydrogen (secondary N) is 1. The highest BCUT2D eigenvalue weighted by molar-refractivity contribution is 5.83. The lowest BCUT2D eigenvalue weighted by Gasteiger charge is -2.18. The molecule has 110 valence electrons. The number of hydrogen-bond acceptors (Lipinski definition) is 2. The van der Waals surface area contributed by atoms with E-state index in [1.807, 2.05) is 68.4 Å². The van der Waals surface area contributed by atoms with Crippen molar-refractivity contribution in [1.29, 1.82) is 0 Å². The second-order valence-corrected chi connectivity index (χ2v) is 5.14. The van der Waals surface area contributed by atoms with Crippen molar-refractivity contribution in [3.63, 3.8) is 0 Å². The van der Waals surface area contributed by atoms with Gasteiger partial charge < -0.3 is 10.1 Å². The minimum atomic E-state index is -0.160. The molecule has 0 aliphatic heterocycles. The molecule has 2 aromatic rings. The van der Waals surface area contributed by atoms with Gasteiger partial charge in [-0.3, -0.25) is 4.79 Å². The highest BCUT2D eigenvalue weighted by Crippen LogP contribution is 2.20. The molecule has 0 bridgehead atoms. The summed E-state index contributed by atoms with van der Waals surface area (Å²) < 4.78 is 5.14. The van der Waals surface area contributed by atoms with E-state index in [9.17, 15) is 4.79 Å². The van der Waals surface area contributed by atoms with Gasteiger partial charge in [0.15, 0.2) is 0 Å². The quantitative estimate of drug-likeness (QED) is 0.909. The fraction of sp³-hybridized carbons (Fsp3) is 0.278. The molecule has 2 atom stereocenters. The largest absolute Gasteiger partial charge is 0.497 e. The summed E-state index contributed by atoms with van der Waals surface area (Å²) >= 11 is 0. The second kappa shape index (κ2) is 6.93. The summed E-state index contributed by atoms with van der Waals surface area (Å²) in [6, 6.07) is 17.5. The average molecular weight is 283 g/mol. The van der Waals surface area contributed by atoms with Crippen LogP contribution in [0.4, 0.5) is 0 Å². The zero-order chi connectivity index (χ0) is 15.2. The Kier molecular flexibility index (Phi) is 4.99. The fourth-order valence-corrected chi connectivity index (χ4v) is 2.21. The van der Waals surface area contributed by atoms with Crippen LogP contribution in [0.1, 0.15) is 36.9 Å². The minimum absolute atomic E-state index is 0.0320. The van der Waals surface area contributed by atoms with Gasteiger partial charge in [-0.25, -0.2) is 0 Å². The smallest absolute Gasteiger partial charge is 0.227 e. The van der Waals surface area contributed by atoms with Crippen molar-refractivity contribution in [2.24, 2.45) is 0 Å². The Morgan fingerprint density at radius 2 is 1.57 bits per heavy atom. The molecule has 0 aromatic heterocycles. The van der Waals surface area contributed by atoms with Crippen molar-refractivity contribution < 1.29 is 9.53 Å². The maximum atomic E-state index is 12.3. The van der Waals surface area contributed by atoms with Gasteiger partial charge in [0.25, 0.3) is 0 Å². The van der Waals surface area contributed by atoms with E-state index in [1.165, 1.54) is 0 Å². The topological polar surface area (TPSA) is 38.3 Å². The number of rotatable bonds is 5. The summed E-state index contributed by atoms with van der Waals surface area (Å²) in [5.74, 6) is 0.686. The lowest BCUT2D eigenvalue weighted by molar-refractivity contribution is -0.122. The van der Waals surface area contributed by atoms with Crippen LogP contribution in [0, 0.1) is 0 Å². The molecule has 0 radical (unpaired) electrons. The van der Waals surface area contributed by atoms with Gasteiger partial charge in [0.1, 0.15) is 5.75 Å². The Labute approximate surface area is 126 Å². The molecule has 0 fully saturated rings. The number of benzene rings is 2. The second-order valence-electron chi connectivity index (χ2n) is 5.14. The van der Waals surface area contributed by atoms with Crippen LogP contribution in [-0.4, -0.2) is 13.0 Å². The van der Waals surface area contributed by atoms with Gasteiger partial charge >= 0.3 is 0 Å². The normalized spacial score (nSPS) is 13.3. The van der Waals surface area contributed by atoms with E-state index in [4.69, 9.17) is 4.74 Å². The average Bonchev–Trinajstić information content (AvgIpc) is 2.55. The van der Waals surface area contributed by atoms with Crippen molar-refractivity contribution in [3.05, 3.63) is 65.7 Å². The van der Waals surface area contributed by atoms with Crippen molar-refractivity contribution in [3.8, 4) is 5.75 Å². The van der Waals surface area contributed by atoms with Crippen LogP contribution >= 0.6 is 0 Å². The summed E-state index contributed by atoms with van der Waals surface area (Å²) in [4.78, 5) is 12.3. The van der Waals surface area contributed by atoms with Gasteiger partial charge in [-0.15, -0.1) is 0 Å². The van der Waals surface area contributed by atoms with Gasteiger partial charge in [-0.05, 0) is 37.1 Å². The van der Waals surface area contributed by atoms with Crippen LogP contribution in [0.15, 0.2) is 54.6 Å². The number of carbonyl (C=O) groups is 1. The molecule has 0 unspecified atom stereocenters. The third kappa shape index (κ3) is 3.85. The molecule has 2 aromatic carbocycles. The Morgan fingerprint density at radius 3 is 2.14 bits per heavy atom. The molecule has 0 saturated carbocycles. The molecule has 0 saturated heterocycles. The maximum absolute atomic E-state index is 12.3. The predicted octanol–water partition coefficient (Wildman–Crippen LogP) is 3.68. The molecule has 0 aliphatic carbocycles. The zero-order valence-corrected chi connectivity index (χ0v) is 12.7. The first-order valence-corrected chi connectivity index (χ1v) is 7.11. The zero-order valence-electron chi connectivity index (χ0n) is 12.7. The van der Waals surface area contributed by atoms with Gasteiger partial charge in [0, 0.05) is 0 Å². The highest BCUT2D eigenvalue weighted by atomic mass is 16.5. The van der Waals surface area contributed by atoms with E-state index in [2.05, 4.69) is 5.32 Å². The van der Waals surface area contributed by atoms with Crippen LogP contribution in [0.2, 0.25) is 0 Å². The summed E-state index contributed by atoms with van der Waals surface area (Å²) in [6.07, 6.45) is 0. The molecule has 0 heterocycles. The summed E-state index contributed by atoms with van der Waals surface area (Å²) in [6.45, 7) is 3.91. The monoisotopic (exact) mass is 283 g/mol. The summed E-state index contributed by atoms with van der Waals surface area (Å²) in [5.41, 5.74) is 2.08. The first-order chi connectivity index (χ1) is 10.1. The highest BCUT2D eigenvalue weighted by Gasteiger charge is 2.17.